The first-order valence-electron chi connectivity index (χ1n) is 7.27. The van der Waals surface area contributed by atoms with E-state index in [9.17, 15) is 4.79 Å². The SMILES string of the molecule is CN(CCOc1cccc(Cl)c1)C(=O)c1cnc(-c2cccs2)s1. The Balaban J connectivity index is 1.55. The molecule has 4 nitrogen and oxygen atoms in total. The largest absolute Gasteiger partial charge is 0.492 e. The Morgan fingerprint density at radius 3 is 2.96 bits per heavy atom. The third kappa shape index (κ3) is 4.14. The summed E-state index contributed by atoms with van der Waals surface area (Å²) in [5.41, 5.74) is 0. The van der Waals surface area contributed by atoms with Crippen LogP contribution in [-0.4, -0.2) is 36.0 Å². The van der Waals surface area contributed by atoms with Crippen molar-refractivity contribution in [2.75, 3.05) is 20.2 Å². The summed E-state index contributed by atoms with van der Waals surface area (Å²) >= 11 is 8.94. The Morgan fingerprint density at radius 1 is 1.33 bits per heavy atom. The van der Waals surface area contributed by atoms with Crippen LogP contribution in [0.2, 0.25) is 5.02 Å². The zero-order valence-electron chi connectivity index (χ0n) is 12.9. The average molecular weight is 379 g/mol. The molecule has 0 bridgehead atoms. The molecule has 124 valence electrons. The minimum atomic E-state index is -0.0509. The number of nitrogens with zero attached hydrogens (tertiary/aromatic N) is 2. The van der Waals surface area contributed by atoms with Crippen LogP contribution in [0.25, 0.3) is 9.88 Å². The standard InChI is InChI=1S/C17H15ClN2O2S2/c1-20(7-8-22-13-5-2-4-12(18)10-13)17(21)15-11-19-16(24-15)14-6-3-9-23-14/h2-6,9-11H,7-8H2,1H3. The van der Waals surface area contributed by atoms with Gasteiger partial charge >= 0.3 is 0 Å². The van der Waals surface area contributed by atoms with Crippen LogP contribution >= 0.6 is 34.3 Å². The fraction of sp³-hybridized carbons (Fsp3) is 0.176. The van der Waals surface area contributed by atoms with Crippen molar-refractivity contribution in [3.63, 3.8) is 0 Å². The van der Waals surface area contributed by atoms with Gasteiger partial charge in [0.05, 0.1) is 17.6 Å². The number of aromatic nitrogens is 1. The Morgan fingerprint density at radius 2 is 2.21 bits per heavy atom. The highest BCUT2D eigenvalue weighted by molar-refractivity contribution is 7.21. The zero-order chi connectivity index (χ0) is 16.9. The first-order valence-corrected chi connectivity index (χ1v) is 9.34. The molecule has 1 amide bonds. The van der Waals surface area contributed by atoms with Crippen molar-refractivity contribution in [2.24, 2.45) is 0 Å². The minimum absolute atomic E-state index is 0.0509. The summed E-state index contributed by atoms with van der Waals surface area (Å²) in [5.74, 6) is 0.645. The van der Waals surface area contributed by atoms with E-state index in [2.05, 4.69) is 4.98 Å². The van der Waals surface area contributed by atoms with Crippen molar-refractivity contribution in [2.45, 2.75) is 0 Å². The van der Waals surface area contributed by atoms with Crippen LogP contribution in [0.4, 0.5) is 0 Å². The van der Waals surface area contributed by atoms with Crippen LogP contribution in [0.15, 0.2) is 48.0 Å². The molecule has 7 heteroatoms. The van der Waals surface area contributed by atoms with E-state index in [4.69, 9.17) is 16.3 Å². The summed E-state index contributed by atoms with van der Waals surface area (Å²) in [4.78, 5) is 20.1. The van der Waals surface area contributed by atoms with Gasteiger partial charge in [-0.3, -0.25) is 4.79 Å². The van der Waals surface area contributed by atoms with Gasteiger partial charge in [0.1, 0.15) is 22.2 Å². The molecular weight excluding hydrogens is 364 g/mol. The summed E-state index contributed by atoms with van der Waals surface area (Å²) in [6.07, 6.45) is 1.64. The number of carbonyl (C=O) groups is 1. The van der Waals surface area contributed by atoms with Gasteiger partial charge in [0.25, 0.3) is 5.91 Å². The molecule has 2 heterocycles. The number of halogens is 1. The highest BCUT2D eigenvalue weighted by atomic mass is 35.5. The van der Waals surface area contributed by atoms with E-state index in [0.717, 1.165) is 9.88 Å². The van der Waals surface area contributed by atoms with E-state index in [1.54, 1.807) is 41.6 Å². The molecule has 0 spiro atoms. The molecular formula is C17H15ClN2O2S2. The maximum absolute atomic E-state index is 12.4. The Bertz CT molecular complexity index is 818. The molecule has 0 aliphatic carbocycles. The van der Waals surface area contributed by atoms with Gasteiger partial charge in [-0.15, -0.1) is 22.7 Å². The van der Waals surface area contributed by atoms with Crippen molar-refractivity contribution in [3.05, 3.63) is 57.9 Å². The lowest BCUT2D eigenvalue weighted by Gasteiger charge is -2.16. The Kier molecular flexibility index (Phi) is 5.50. The highest BCUT2D eigenvalue weighted by Crippen LogP contribution is 2.29. The summed E-state index contributed by atoms with van der Waals surface area (Å²) in [6.45, 7) is 0.886. The van der Waals surface area contributed by atoms with Gasteiger partial charge in [-0.2, -0.15) is 0 Å². The van der Waals surface area contributed by atoms with Gasteiger partial charge in [0.15, 0.2) is 0 Å². The van der Waals surface area contributed by atoms with Crippen LogP contribution in [-0.2, 0) is 0 Å². The van der Waals surface area contributed by atoms with Crippen molar-refractivity contribution >= 4 is 40.2 Å². The van der Waals surface area contributed by atoms with Crippen LogP contribution in [0.1, 0.15) is 9.67 Å². The lowest BCUT2D eigenvalue weighted by atomic mass is 10.3. The number of benzene rings is 1. The maximum atomic E-state index is 12.4. The van der Waals surface area contributed by atoms with Crippen molar-refractivity contribution < 1.29 is 9.53 Å². The van der Waals surface area contributed by atoms with E-state index >= 15 is 0 Å². The lowest BCUT2D eigenvalue weighted by molar-refractivity contribution is 0.0778. The molecule has 0 aliphatic heterocycles. The highest BCUT2D eigenvalue weighted by Gasteiger charge is 2.16. The number of hydrogen-bond acceptors (Lipinski definition) is 5. The molecule has 3 aromatic rings. The topological polar surface area (TPSA) is 42.4 Å². The summed E-state index contributed by atoms with van der Waals surface area (Å²) in [6, 6.07) is 11.2. The lowest BCUT2D eigenvalue weighted by Crippen LogP contribution is -2.30. The van der Waals surface area contributed by atoms with E-state index in [1.165, 1.54) is 11.3 Å². The molecule has 0 N–H and O–H groups in total. The van der Waals surface area contributed by atoms with E-state index in [1.807, 2.05) is 29.6 Å². The van der Waals surface area contributed by atoms with Gasteiger partial charge < -0.3 is 9.64 Å². The molecule has 0 fully saturated rings. The fourth-order valence-electron chi connectivity index (χ4n) is 2.03. The molecule has 0 radical (unpaired) electrons. The Labute approximate surface area is 153 Å². The van der Waals surface area contributed by atoms with Gasteiger partial charge in [-0.1, -0.05) is 23.7 Å². The number of thiophene rings is 1. The fourth-order valence-corrected chi connectivity index (χ4v) is 3.93. The van der Waals surface area contributed by atoms with Crippen LogP contribution in [0.5, 0.6) is 5.75 Å². The zero-order valence-corrected chi connectivity index (χ0v) is 15.3. The van der Waals surface area contributed by atoms with Gasteiger partial charge in [0, 0.05) is 12.1 Å². The van der Waals surface area contributed by atoms with Crippen LogP contribution < -0.4 is 4.74 Å². The second kappa shape index (κ2) is 7.79. The van der Waals surface area contributed by atoms with Crippen LogP contribution in [0.3, 0.4) is 0 Å². The van der Waals surface area contributed by atoms with E-state index in [-0.39, 0.29) is 5.91 Å². The predicted octanol–water partition coefficient (Wildman–Crippen LogP) is 4.68. The normalized spacial score (nSPS) is 10.6. The quantitative estimate of drug-likeness (QED) is 0.625. The number of likely N-dealkylation sites (N-methyl/N-ethyl adjacent to an activating group) is 1. The number of thiazole rings is 1. The summed E-state index contributed by atoms with van der Waals surface area (Å²) in [5, 5.41) is 3.50. The minimum Gasteiger partial charge on any atom is -0.492 e. The molecule has 0 saturated heterocycles. The van der Waals surface area contributed by atoms with Crippen molar-refractivity contribution in [3.8, 4) is 15.6 Å². The van der Waals surface area contributed by atoms with E-state index in [0.29, 0.717) is 28.8 Å². The monoisotopic (exact) mass is 378 g/mol. The molecule has 0 aliphatic rings. The third-order valence-corrected chi connectivity index (χ3v) is 5.55. The maximum Gasteiger partial charge on any atom is 0.265 e. The molecule has 2 aromatic heterocycles. The van der Waals surface area contributed by atoms with Crippen molar-refractivity contribution in [1.82, 2.24) is 9.88 Å². The summed E-state index contributed by atoms with van der Waals surface area (Å²) in [7, 11) is 1.76. The molecule has 0 saturated carbocycles. The third-order valence-electron chi connectivity index (χ3n) is 3.29. The van der Waals surface area contributed by atoms with Gasteiger partial charge in [-0.25, -0.2) is 4.98 Å². The number of hydrogen-bond donors (Lipinski definition) is 0. The average Bonchev–Trinajstić information content (AvgIpc) is 3.25. The molecule has 0 unspecified atom stereocenters. The molecule has 24 heavy (non-hydrogen) atoms. The number of carbonyl (C=O) groups excluding carboxylic acids is 1. The first kappa shape index (κ1) is 17.0. The predicted molar refractivity (Wildman–Crippen MR) is 99.3 cm³/mol. The van der Waals surface area contributed by atoms with Gasteiger partial charge in [0.2, 0.25) is 0 Å². The smallest absolute Gasteiger partial charge is 0.265 e. The molecule has 1 aromatic carbocycles. The Hall–Kier alpha value is -1.89. The molecule has 0 atom stereocenters. The van der Waals surface area contributed by atoms with Gasteiger partial charge in [-0.05, 0) is 29.6 Å². The summed E-state index contributed by atoms with van der Waals surface area (Å²) < 4.78 is 5.62. The second-order valence-corrected chi connectivity index (χ2v) is 7.45. The second-order valence-electron chi connectivity index (χ2n) is 5.04. The van der Waals surface area contributed by atoms with E-state index < -0.39 is 0 Å². The first-order chi connectivity index (χ1) is 11.6. The number of rotatable bonds is 6. The van der Waals surface area contributed by atoms with Crippen molar-refractivity contribution in [1.29, 1.82) is 0 Å². The number of ether oxygens (including phenoxy) is 1. The van der Waals surface area contributed by atoms with Crippen LogP contribution in [0, 0.1) is 0 Å². The number of amides is 1. The molecule has 3 rings (SSSR count).